The van der Waals surface area contributed by atoms with E-state index in [4.69, 9.17) is 0 Å². The molecular weight excluding hydrogens is 583 g/mol. The number of hydrogen-bond acceptors (Lipinski definition) is 0. The maximum Gasteiger partial charge on any atom is -1.00 e. The summed E-state index contributed by atoms with van der Waals surface area (Å²) in [5, 5.41) is 5.66. The van der Waals surface area contributed by atoms with E-state index in [-0.39, 0.29) is 24.8 Å². The average molecular weight is 611 g/mol. The fraction of sp³-hybridized carbons (Fsp3) is 0.114. The number of hydrogen-bond donors (Lipinski definition) is 0. The molecule has 0 heterocycles. The van der Waals surface area contributed by atoms with Crippen LogP contribution in [-0.2, 0) is 27.7 Å². The molecule has 0 radical (unpaired) electrons. The molecule has 3 heteroatoms. The molecule has 0 nitrogen and oxygen atoms in total. The predicted molar refractivity (Wildman–Crippen MR) is 153 cm³/mol. The van der Waals surface area contributed by atoms with E-state index in [0.29, 0.717) is 3.63 Å². The van der Waals surface area contributed by atoms with E-state index in [1.807, 2.05) is 0 Å². The molecule has 0 saturated carbocycles. The van der Waals surface area contributed by atoms with Crippen molar-refractivity contribution in [1.82, 2.24) is 0 Å². The summed E-state index contributed by atoms with van der Waals surface area (Å²) in [6.45, 7) is 4.81. The first-order valence-corrected chi connectivity index (χ1v) is 16.8. The number of benzene rings is 4. The van der Waals surface area contributed by atoms with Crippen LogP contribution in [0.5, 0.6) is 0 Å². The van der Waals surface area contributed by atoms with Gasteiger partial charge < -0.3 is 24.8 Å². The van der Waals surface area contributed by atoms with Gasteiger partial charge in [0.1, 0.15) is 0 Å². The average Bonchev–Trinajstić information content (AvgIpc) is 3.55. The zero-order valence-electron chi connectivity index (χ0n) is 21.5. The first-order valence-electron chi connectivity index (χ1n) is 12.9. The van der Waals surface area contributed by atoms with Gasteiger partial charge in [-0.1, -0.05) is 0 Å². The zero-order chi connectivity index (χ0) is 24.2. The second kappa shape index (κ2) is 10.9. The van der Waals surface area contributed by atoms with Gasteiger partial charge in [-0.3, -0.25) is 0 Å². The van der Waals surface area contributed by atoms with Crippen LogP contribution in [0, 0.1) is 0 Å². The molecule has 4 aromatic carbocycles. The van der Waals surface area contributed by atoms with Gasteiger partial charge in [0.15, 0.2) is 0 Å². The van der Waals surface area contributed by atoms with E-state index < -0.39 is 21.3 Å². The van der Waals surface area contributed by atoms with Gasteiger partial charge in [-0.15, -0.1) is 0 Å². The molecule has 0 bridgehead atoms. The fourth-order valence-electron chi connectivity index (χ4n) is 6.46. The van der Waals surface area contributed by atoms with Crippen LogP contribution in [0.15, 0.2) is 97.1 Å². The molecule has 186 valence electrons. The summed E-state index contributed by atoms with van der Waals surface area (Å²) in [6, 6.07) is 26.8. The van der Waals surface area contributed by atoms with Crippen molar-refractivity contribution in [3.8, 4) is 11.1 Å². The van der Waals surface area contributed by atoms with Crippen molar-refractivity contribution in [2.45, 2.75) is 23.9 Å². The van der Waals surface area contributed by atoms with Crippen molar-refractivity contribution >= 4 is 35.5 Å². The Labute approximate surface area is 244 Å². The Kier molecular flexibility index (Phi) is 7.75. The molecule has 0 aromatic heterocycles. The van der Waals surface area contributed by atoms with Gasteiger partial charge in [-0.05, 0) is 0 Å². The van der Waals surface area contributed by atoms with Gasteiger partial charge in [0.25, 0.3) is 0 Å². The third-order valence-corrected chi connectivity index (χ3v) is 15.8. The third-order valence-electron chi connectivity index (χ3n) is 7.97. The van der Waals surface area contributed by atoms with Gasteiger partial charge in [0.2, 0.25) is 0 Å². The summed E-state index contributed by atoms with van der Waals surface area (Å²) >= 11 is -2.28. The van der Waals surface area contributed by atoms with Crippen molar-refractivity contribution in [1.29, 1.82) is 0 Å². The standard InChI is InChI=1S/C17H11.C15H11.C3H6.2ClH.Zr/c1-3-8-14-12(6-1)13-7-2-4-9-15(13)17-11-5-10-16(14)17;1-2-6-12(7-3-1)14-10-4-8-13-9-5-11-15(13)14;1-3-2;;;/h1-8,10H,9H2;1-11H;1-2H3;2*1H;/q;;;;;+2/p-2. The molecule has 1 atom stereocenters. The molecular formula is C35H28Cl2Zr. The molecule has 0 saturated heterocycles. The number of allylic oxidation sites excluding steroid dienone is 4. The summed E-state index contributed by atoms with van der Waals surface area (Å²) < 4.78 is 3.87. The van der Waals surface area contributed by atoms with E-state index in [0.717, 1.165) is 6.42 Å². The second-order valence-corrected chi connectivity index (χ2v) is 17.5. The van der Waals surface area contributed by atoms with Crippen LogP contribution in [0.3, 0.4) is 0 Å². The molecule has 3 aliphatic carbocycles. The normalized spacial score (nSPS) is 15.5. The van der Waals surface area contributed by atoms with Crippen LogP contribution in [0.25, 0.3) is 43.4 Å². The van der Waals surface area contributed by atoms with Gasteiger partial charge in [0, 0.05) is 0 Å². The van der Waals surface area contributed by atoms with Crippen molar-refractivity contribution in [2.24, 2.45) is 0 Å². The Hall–Kier alpha value is -2.57. The molecule has 7 rings (SSSR count). The molecule has 0 spiro atoms. The minimum Gasteiger partial charge on any atom is -1.00 e. The maximum absolute atomic E-state index is 2.54. The van der Waals surface area contributed by atoms with Crippen LogP contribution < -0.4 is 35.3 Å². The minimum atomic E-state index is -2.28. The van der Waals surface area contributed by atoms with E-state index in [9.17, 15) is 0 Å². The SMILES string of the molecule is C[C](C)=[Zr+2]([C]1=CC=c2c1c1c(c3ccccc23)=CC=CC1)[CH]1C=Cc2c(-c3ccccc3)cccc21.[Cl-].[Cl-]. The second-order valence-electron chi connectivity index (χ2n) is 10.2. The largest absolute Gasteiger partial charge is 1.00 e. The smallest absolute Gasteiger partial charge is 1.00 e. The Morgan fingerprint density at radius 3 is 2.26 bits per heavy atom. The number of fused-ring (bicyclic) bond motifs is 7. The van der Waals surface area contributed by atoms with Crippen LogP contribution >= 0.6 is 0 Å². The fourth-order valence-corrected chi connectivity index (χ4v) is 14.2. The van der Waals surface area contributed by atoms with E-state index in [1.54, 1.807) is 12.1 Å². The van der Waals surface area contributed by atoms with Gasteiger partial charge in [0.05, 0.1) is 0 Å². The molecule has 0 aliphatic heterocycles. The van der Waals surface area contributed by atoms with Gasteiger partial charge >= 0.3 is 222 Å². The monoisotopic (exact) mass is 608 g/mol. The predicted octanol–water partition coefficient (Wildman–Crippen LogP) is 1.14. The van der Waals surface area contributed by atoms with Crippen molar-refractivity contribution in [3.63, 3.8) is 0 Å². The Balaban J connectivity index is 0.00000147. The van der Waals surface area contributed by atoms with Crippen molar-refractivity contribution in [3.05, 3.63) is 130 Å². The third kappa shape index (κ3) is 4.21. The van der Waals surface area contributed by atoms with Crippen molar-refractivity contribution < 1.29 is 46.1 Å². The van der Waals surface area contributed by atoms with Gasteiger partial charge in [-0.25, -0.2) is 0 Å². The molecule has 0 N–H and O–H groups in total. The molecule has 4 aromatic rings. The molecule has 0 fully saturated rings. The Bertz CT molecular complexity index is 1820. The van der Waals surface area contributed by atoms with Crippen LogP contribution in [-0.4, -0.2) is 3.21 Å². The summed E-state index contributed by atoms with van der Waals surface area (Å²) in [5.41, 5.74) is 8.71. The first kappa shape index (κ1) is 27.0. The van der Waals surface area contributed by atoms with Crippen LogP contribution in [0.2, 0.25) is 0 Å². The summed E-state index contributed by atoms with van der Waals surface area (Å²) in [7, 11) is 0. The summed E-state index contributed by atoms with van der Waals surface area (Å²) in [6.07, 6.45) is 17.8. The molecule has 1 unspecified atom stereocenters. The van der Waals surface area contributed by atoms with Crippen LogP contribution in [0.1, 0.15) is 39.7 Å². The van der Waals surface area contributed by atoms with E-state index in [2.05, 4.69) is 129 Å². The number of rotatable bonds is 3. The summed E-state index contributed by atoms with van der Waals surface area (Å²) in [5.74, 6) is 0. The van der Waals surface area contributed by atoms with Gasteiger partial charge in [-0.2, -0.15) is 0 Å². The Morgan fingerprint density at radius 2 is 1.50 bits per heavy atom. The Morgan fingerprint density at radius 1 is 0.763 bits per heavy atom. The summed E-state index contributed by atoms with van der Waals surface area (Å²) in [4.78, 5) is 0. The maximum atomic E-state index is 2.54. The van der Waals surface area contributed by atoms with E-state index in [1.165, 1.54) is 49.0 Å². The first-order chi connectivity index (χ1) is 17.7. The molecule has 0 amide bonds. The zero-order valence-corrected chi connectivity index (χ0v) is 25.5. The quantitative estimate of drug-likeness (QED) is 0.327. The molecule has 3 aliphatic rings. The molecule has 38 heavy (non-hydrogen) atoms. The van der Waals surface area contributed by atoms with Crippen LogP contribution in [0.4, 0.5) is 0 Å². The number of halogens is 2. The minimum absolute atomic E-state index is 0. The topological polar surface area (TPSA) is 0 Å². The van der Waals surface area contributed by atoms with E-state index >= 15 is 0 Å². The van der Waals surface area contributed by atoms with Crippen molar-refractivity contribution in [2.75, 3.05) is 0 Å².